The molecule has 106 valence electrons. The Balaban J connectivity index is 2.17. The number of methoxy groups -OCH3 is 1. The van der Waals surface area contributed by atoms with E-state index >= 15 is 0 Å². The highest BCUT2D eigenvalue weighted by atomic mass is 79.9. The zero-order valence-electron chi connectivity index (χ0n) is 11.1. The molecule has 0 spiro atoms. The molecule has 0 aliphatic rings. The first-order chi connectivity index (χ1) is 10.2. The summed E-state index contributed by atoms with van der Waals surface area (Å²) in [4.78, 5) is 4.12. The molecule has 1 N–H and O–H groups in total. The molecule has 0 amide bonds. The van der Waals surface area contributed by atoms with Gasteiger partial charge in [0.15, 0.2) is 10.6 Å². The van der Waals surface area contributed by atoms with Gasteiger partial charge in [0.1, 0.15) is 5.75 Å². The monoisotopic (exact) mass is 362 g/mol. The molecule has 0 aliphatic carbocycles. The third-order valence-electron chi connectivity index (χ3n) is 2.99. The Morgan fingerprint density at radius 2 is 2.19 bits per heavy atom. The lowest BCUT2D eigenvalue weighted by Gasteiger charge is -2.09. The van der Waals surface area contributed by atoms with Gasteiger partial charge in [-0.2, -0.15) is 5.10 Å². The molecular formula is C14H11BrN4OS. The second kappa shape index (κ2) is 5.79. The van der Waals surface area contributed by atoms with Crippen molar-refractivity contribution in [2.75, 3.05) is 7.11 Å². The highest BCUT2D eigenvalue weighted by Gasteiger charge is 2.12. The summed E-state index contributed by atoms with van der Waals surface area (Å²) >= 11 is 8.82. The van der Waals surface area contributed by atoms with Crippen LogP contribution < -0.4 is 4.74 Å². The Morgan fingerprint density at radius 3 is 2.86 bits per heavy atom. The summed E-state index contributed by atoms with van der Waals surface area (Å²) in [5, 5.41) is 7.12. The number of rotatable bonds is 3. The minimum absolute atomic E-state index is 0.519. The van der Waals surface area contributed by atoms with Gasteiger partial charge in [0.05, 0.1) is 17.3 Å². The number of hydrogen-bond donors (Lipinski definition) is 1. The molecule has 0 aliphatic heterocycles. The average molecular weight is 363 g/mol. The molecule has 0 atom stereocenters. The van der Waals surface area contributed by atoms with Gasteiger partial charge < -0.3 is 4.74 Å². The normalized spacial score (nSPS) is 10.6. The van der Waals surface area contributed by atoms with Crippen LogP contribution in [0.3, 0.4) is 0 Å². The van der Waals surface area contributed by atoms with Crippen LogP contribution in [-0.2, 0) is 0 Å². The van der Waals surface area contributed by atoms with Gasteiger partial charge in [0, 0.05) is 18.0 Å². The van der Waals surface area contributed by atoms with Crippen LogP contribution in [0.4, 0.5) is 0 Å². The number of H-pyrrole nitrogens is 1. The van der Waals surface area contributed by atoms with Gasteiger partial charge in [0.25, 0.3) is 0 Å². The lowest BCUT2D eigenvalue weighted by atomic mass is 10.2. The maximum Gasteiger partial charge on any atom is 0.200 e. The molecule has 21 heavy (non-hydrogen) atoms. The fourth-order valence-electron chi connectivity index (χ4n) is 2.02. The summed E-state index contributed by atoms with van der Waals surface area (Å²) in [5.41, 5.74) is 1.78. The summed E-state index contributed by atoms with van der Waals surface area (Å²) in [6.45, 7) is 0. The zero-order valence-corrected chi connectivity index (χ0v) is 13.5. The molecule has 0 saturated carbocycles. The van der Waals surface area contributed by atoms with Crippen LogP contribution in [0.15, 0.2) is 47.2 Å². The maximum atomic E-state index is 5.34. The van der Waals surface area contributed by atoms with Crippen molar-refractivity contribution in [1.82, 2.24) is 19.7 Å². The molecule has 5 nitrogen and oxygen atoms in total. The largest absolute Gasteiger partial charge is 0.496 e. The summed E-state index contributed by atoms with van der Waals surface area (Å²) < 4.78 is 8.47. The van der Waals surface area contributed by atoms with E-state index in [1.165, 1.54) is 0 Å². The Hall–Kier alpha value is -1.99. The number of hydrogen-bond acceptors (Lipinski definition) is 4. The fourth-order valence-corrected chi connectivity index (χ4v) is 2.79. The Morgan fingerprint density at radius 1 is 1.33 bits per heavy atom. The highest BCUT2D eigenvalue weighted by molar-refractivity contribution is 9.10. The smallest absolute Gasteiger partial charge is 0.200 e. The van der Waals surface area contributed by atoms with Gasteiger partial charge in [-0.05, 0) is 58.5 Å². The van der Waals surface area contributed by atoms with Gasteiger partial charge in [-0.3, -0.25) is 14.6 Å². The predicted molar refractivity (Wildman–Crippen MR) is 86.2 cm³/mol. The molecule has 0 saturated heterocycles. The van der Waals surface area contributed by atoms with E-state index in [0.717, 1.165) is 21.5 Å². The number of benzene rings is 1. The first kappa shape index (κ1) is 14.0. The van der Waals surface area contributed by atoms with Gasteiger partial charge in [-0.15, -0.1) is 0 Å². The molecule has 7 heteroatoms. The van der Waals surface area contributed by atoms with Gasteiger partial charge >= 0.3 is 0 Å². The Kier molecular flexibility index (Phi) is 3.85. The molecule has 3 rings (SSSR count). The van der Waals surface area contributed by atoms with E-state index in [9.17, 15) is 0 Å². The number of aromatic nitrogens is 4. The zero-order chi connectivity index (χ0) is 14.8. The molecule has 3 aromatic rings. The van der Waals surface area contributed by atoms with Crippen molar-refractivity contribution >= 4 is 28.1 Å². The fraction of sp³-hybridized carbons (Fsp3) is 0.0714. The molecular weight excluding hydrogens is 352 g/mol. The van der Waals surface area contributed by atoms with Crippen LogP contribution >= 0.6 is 28.1 Å². The summed E-state index contributed by atoms with van der Waals surface area (Å²) in [6.07, 6.45) is 3.47. The number of aromatic amines is 1. The van der Waals surface area contributed by atoms with E-state index in [0.29, 0.717) is 10.6 Å². The summed E-state index contributed by atoms with van der Waals surface area (Å²) in [6, 6.07) is 9.54. The van der Waals surface area contributed by atoms with Crippen molar-refractivity contribution in [2.24, 2.45) is 0 Å². The van der Waals surface area contributed by atoms with Crippen LogP contribution in [-0.4, -0.2) is 26.9 Å². The molecule has 2 heterocycles. The van der Waals surface area contributed by atoms with Crippen molar-refractivity contribution in [3.63, 3.8) is 0 Å². The van der Waals surface area contributed by atoms with E-state index in [1.54, 1.807) is 19.5 Å². The van der Waals surface area contributed by atoms with Crippen LogP contribution in [0.1, 0.15) is 0 Å². The van der Waals surface area contributed by atoms with E-state index < -0.39 is 0 Å². The minimum atomic E-state index is 0.519. The lowest BCUT2D eigenvalue weighted by molar-refractivity contribution is 0.412. The number of halogens is 1. The average Bonchev–Trinajstić information content (AvgIpc) is 2.90. The van der Waals surface area contributed by atoms with Gasteiger partial charge in [0.2, 0.25) is 0 Å². The minimum Gasteiger partial charge on any atom is -0.496 e. The second-order valence-electron chi connectivity index (χ2n) is 4.25. The molecule has 0 unspecified atom stereocenters. The Bertz CT molecular complexity index is 828. The molecule has 0 fully saturated rings. The Labute approximate surface area is 134 Å². The first-order valence-electron chi connectivity index (χ1n) is 6.12. The van der Waals surface area contributed by atoms with Crippen LogP contribution in [0.2, 0.25) is 0 Å². The predicted octanol–water partition coefficient (Wildman–Crippen LogP) is 3.76. The van der Waals surface area contributed by atoms with Crippen molar-refractivity contribution in [2.45, 2.75) is 0 Å². The van der Waals surface area contributed by atoms with Gasteiger partial charge in [-0.1, -0.05) is 0 Å². The standard InChI is InChI=1S/C14H11BrN4OS/c1-20-12-5-4-10(7-11(12)15)19-13(17-18-14(19)21)9-3-2-6-16-8-9/h2-8H,1H3,(H,18,21). The molecule has 0 radical (unpaired) electrons. The second-order valence-corrected chi connectivity index (χ2v) is 5.49. The van der Waals surface area contributed by atoms with Crippen molar-refractivity contribution in [1.29, 1.82) is 0 Å². The van der Waals surface area contributed by atoms with Crippen molar-refractivity contribution in [3.8, 4) is 22.8 Å². The van der Waals surface area contributed by atoms with E-state index in [4.69, 9.17) is 17.0 Å². The maximum absolute atomic E-state index is 5.34. The lowest BCUT2D eigenvalue weighted by Crippen LogP contribution is -1.98. The number of ether oxygens (including phenoxy) is 1. The highest BCUT2D eigenvalue weighted by Crippen LogP contribution is 2.29. The molecule has 1 aromatic carbocycles. The molecule has 0 bridgehead atoms. The summed E-state index contributed by atoms with van der Waals surface area (Å²) in [7, 11) is 1.63. The van der Waals surface area contributed by atoms with Crippen LogP contribution in [0.25, 0.3) is 17.1 Å². The summed E-state index contributed by atoms with van der Waals surface area (Å²) in [5.74, 6) is 1.47. The van der Waals surface area contributed by atoms with Crippen molar-refractivity contribution < 1.29 is 4.74 Å². The first-order valence-corrected chi connectivity index (χ1v) is 7.32. The van der Waals surface area contributed by atoms with E-state index in [1.807, 2.05) is 34.9 Å². The molecule has 2 aromatic heterocycles. The third kappa shape index (κ3) is 2.62. The quantitative estimate of drug-likeness (QED) is 0.720. The van der Waals surface area contributed by atoms with Crippen molar-refractivity contribution in [3.05, 3.63) is 52.0 Å². The SMILES string of the molecule is COc1ccc(-n2c(-c3cccnc3)n[nH]c2=S)cc1Br. The third-order valence-corrected chi connectivity index (χ3v) is 3.88. The van der Waals surface area contributed by atoms with E-state index in [-0.39, 0.29) is 0 Å². The number of pyridine rings is 1. The van der Waals surface area contributed by atoms with Crippen LogP contribution in [0, 0.1) is 4.77 Å². The number of nitrogens with zero attached hydrogens (tertiary/aromatic N) is 3. The van der Waals surface area contributed by atoms with Crippen LogP contribution in [0.5, 0.6) is 5.75 Å². The van der Waals surface area contributed by atoms with E-state index in [2.05, 4.69) is 31.1 Å². The van der Waals surface area contributed by atoms with Gasteiger partial charge in [-0.25, -0.2) is 0 Å². The number of nitrogens with one attached hydrogen (secondary N) is 1. The topological polar surface area (TPSA) is 55.7 Å².